The van der Waals surface area contributed by atoms with Gasteiger partial charge in [0, 0.05) is 17.3 Å². The molecular weight excluding hydrogens is 330 g/mol. The van der Waals surface area contributed by atoms with Gasteiger partial charge in [-0.3, -0.25) is 0 Å². The minimum atomic E-state index is 0.707. The summed E-state index contributed by atoms with van der Waals surface area (Å²) in [5, 5.41) is 7.49. The summed E-state index contributed by atoms with van der Waals surface area (Å²) in [6, 6.07) is 8.15. The fourth-order valence-electron chi connectivity index (χ4n) is 2.77. The summed E-state index contributed by atoms with van der Waals surface area (Å²) < 4.78 is 6.46. The minimum Gasteiger partial charge on any atom is -0.339 e. The lowest BCUT2D eigenvalue weighted by atomic mass is 9.93. The lowest BCUT2D eigenvalue weighted by Gasteiger charge is -2.21. The number of nitrogens with zero attached hydrogens (tertiary/aromatic N) is 2. The predicted octanol–water partition coefficient (Wildman–Crippen LogP) is 3.36. The summed E-state index contributed by atoms with van der Waals surface area (Å²) in [7, 11) is 0. The van der Waals surface area contributed by atoms with E-state index in [2.05, 4.69) is 37.5 Å². The standard InChI is InChI=1S/C16H20BrN3O/c17-14-4-2-1-3-13(14)11-15-19-16(21-20-15)6-5-12-7-9-18-10-8-12/h1-4,12,18H,5-11H2. The molecule has 1 N–H and O–H groups in total. The van der Waals surface area contributed by atoms with E-state index >= 15 is 0 Å². The van der Waals surface area contributed by atoms with Gasteiger partial charge in [-0.1, -0.05) is 39.3 Å². The molecule has 1 aliphatic rings. The second kappa shape index (κ2) is 7.18. The van der Waals surface area contributed by atoms with Gasteiger partial charge >= 0.3 is 0 Å². The monoisotopic (exact) mass is 349 g/mol. The molecule has 0 bridgehead atoms. The topological polar surface area (TPSA) is 51.0 Å². The number of aryl methyl sites for hydroxylation is 1. The molecule has 0 saturated carbocycles. The van der Waals surface area contributed by atoms with Crippen LogP contribution in [0.5, 0.6) is 0 Å². The molecule has 3 rings (SSSR count). The third kappa shape index (κ3) is 4.14. The zero-order valence-electron chi connectivity index (χ0n) is 12.0. The lowest BCUT2D eigenvalue weighted by molar-refractivity contribution is 0.323. The number of halogens is 1. The van der Waals surface area contributed by atoms with E-state index in [9.17, 15) is 0 Å². The van der Waals surface area contributed by atoms with Crippen LogP contribution in [0.1, 0.15) is 36.5 Å². The number of benzene rings is 1. The number of piperidine rings is 1. The number of hydrogen-bond acceptors (Lipinski definition) is 4. The van der Waals surface area contributed by atoms with Gasteiger partial charge in [-0.25, -0.2) is 0 Å². The summed E-state index contributed by atoms with van der Waals surface area (Å²) in [4.78, 5) is 4.52. The van der Waals surface area contributed by atoms with Gasteiger partial charge in [-0.15, -0.1) is 0 Å². The number of hydrogen-bond donors (Lipinski definition) is 1. The van der Waals surface area contributed by atoms with Gasteiger partial charge in [0.1, 0.15) is 0 Å². The van der Waals surface area contributed by atoms with Crippen LogP contribution in [-0.4, -0.2) is 23.2 Å². The Labute approximate surface area is 133 Å². The molecule has 0 radical (unpaired) electrons. The van der Waals surface area contributed by atoms with E-state index in [1.807, 2.05) is 18.2 Å². The number of aromatic nitrogens is 2. The first-order chi connectivity index (χ1) is 10.3. The highest BCUT2D eigenvalue weighted by molar-refractivity contribution is 9.10. The first-order valence-corrected chi connectivity index (χ1v) is 8.36. The smallest absolute Gasteiger partial charge is 0.226 e. The Kier molecular flexibility index (Phi) is 5.04. The maximum atomic E-state index is 5.38. The largest absolute Gasteiger partial charge is 0.339 e. The third-order valence-electron chi connectivity index (χ3n) is 4.04. The molecular formula is C16H20BrN3O. The number of rotatable bonds is 5. The van der Waals surface area contributed by atoms with E-state index in [-0.39, 0.29) is 0 Å². The highest BCUT2D eigenvalue weighted by atomic mass is 79.9. The molecule has 0 unspecified atom stereocenters. The van der Waals surface area contributed by atoms with Crippen molar-refractivity contribution in [3.63, 3.8) is 0 Å². The normalized spacial score (nSPS) is 16.2. The molecule has 2 heterocycles. The third-order valence-corrected chi connectivity index (χ3v) is 4.82. The van der Waals surface area contributed by atoms with Crippen LogP contribution < -0.4 is 5.32 Å². The molecule has 4 nitrogen and oxygen atoms in total. The summed E-state index contributed by atoms with van der Waals surface area (Å²) >= 11 is 3.55. The van der Waals surface area contributed by atoms with Gasteiger partial charge in [0.15, 0.2) is 5.82 Å². The van der Waals surface area contributed by atoms with Gasteiger partial charge in [0.2, 0.25) is 5.89 Å². The van der Waals surface area contributed by atoms with Crippen molar-refractivity contribution in [2.45, 2.75) is 32.1 Å². The molecule has 5 heteroatoms. The summed E-state index contributed by atoms with van der Waals surface area (Å²) in [6.45, 7) is 2.28. The van der Waals surface area contributed by atoms with Crippen molar-refractivity contribution in [1.82, 2.24) is 15.5 Å². The lowest BCUT2D eigenvalue weighted by Crippen LogP contribution is -2.27. The van der Waals surface area contributed by atoms with Crippen LogP contribution in [-0.2, 0) is 12.8 Å². The second-order valence-corrected chi connectivity index (χ2v) is 6.46. The average molecular weight is 350 g/mol. The zero-order chi connectivity index (χ0) is 14.5. The highest BCUT2D eigenvalue weighted by Gasteiger charge is 2.15. The quantitative estimate of drug-likeness (QED) is 0.899. The van der Waals surface area contributed by atoms with Crippen LogP contribution >= 0.6 is 15.9 Å². The van der Waals surface area contributed by atoms with Crippen LogP contribution in [0.25, 0.3) is 0 Å². The molecule has 2 aromatic rings. The Morgan fingerprint density at radius 3 is 2.86 bits per heavy atom. The molecule has 1 saturated heterocycles. The van der Waals surface area contributed by atoms with Crippen LogP contribution in [0.2, 0.25) is 0 Å². The second-order valence-electron chi connectivity index (χ2n) is 5.60. The summed E-state index contributed by atoms with van der Waals surface area (Å²) in [6.07, 6.45) is 5.28. The molecule has 1 aromatic heterocycles. The van der Waals surface area contributed by atoms with Crippen LogP contribution in [0.3, 0.4) is 0 Å². The Morgan fingerprint density at radius 1 is 1.24 bits per heavy atom. The molecule has 1 fully saturated rings. The summed E-state index contributed by atoms with van der Waals surface area (Å²) in [5.41, 5.74) is 1.18. The molecule has 21 heavy (non-hydrogen) atoms. The van der Waals surface area contributed by atoms with Gasteiger partial charge in [-0.2, -0.15) is 4.98 Å². The molecule has 0 atom stereocenters. The first kappa shape index (κ1) is 14.7. The molecule has 0 spiro atoms. The predicted molar refractivity (Wildman–Crippen MR) is 85.2 cm³/mol. The van der Waals surface area contributed by atoms with Gasteiger partial charge in [-0.05, 0) is 49.9 Å². The maximum Gasteiger partial charge on any atom is 0.226 e. The van der Waals surface area contributed by atoms with Gasteiger partial charge in [0.25, 0.3) is 0 Å². The Balaban J connectivity index is 1.55. The van der Waals surface area contributed by atoms with Crippen molar-refractivity contribution < 1.29 is 4.52 Å². The van der Waals surface area contributed by atoms with Crippen molar-refractivity contribution in [3.8, 4) is 0 Å². The minimum absolute atomic E-state index is 0.707. The highest BCUT2D eigenvalue weighted by Crippen LogP contribution is 2.20. The van der Waals surface area contributed by atoms with Crippen LogP contribution in [0, 0.1) is 5.92 Å². The van der Waals surface area contributed by atoms with E-state index in [4.69, 9.17) is 4.52 Å². The van der Waals surface area contributed by atoms with Crippen molar-refractivity contribution in [2.75, 3.05) is 13.1 Å². The van der Waals surface area contributed by atoms with E-state index in [1.54, 1.807) is 0 Å². The molecule has 0 amide bonds. The van der Waals surface area contributed by atoms with Gasteiger partial charge in [0.05, 0.1) is 0 Å². The fourth-order valence-corrected chi connectivity index (χ4v) is 3.20. The van der Waals surface area contributed by atoms with E-state index in [0.717, 1.165) is 48.0 Å². The Hall–Kier alpha value is -1.20. The number of nitrogens with one attached hydrogen (secondary N) is 1. The molecule has 1 aromatic carbocycles. The zero-order valence-corrected chi connectivity index (χ0v) is 13.6. The van der Waals surface area contributed by atoms with Crippen molar-refractivity contribution in [1.29, 1.82) is 0 Å². The van der Waals surface area contributed by atoms with Crippen molar-refractivity contribution >= 4 is 15.9 Å². The fraction of sp³-hybridized carbons (Fsp3) is 0.500. The average Bonchev–Trinajstić information content (AvgIpc) is 2.96. The molecule has 112 valence electrons. The van der Waals surface area contributed by atoms with Crippen molar-refractivity contribution in [2.24, 2.45) is 5.92 Å². The summed E-state index contributed by atoms with van der Waals surface area (Å²) in [5.74, 6) is 2.34. The molecule has 0 aliphatic carbocycles. The van der Waals surface area contributed by atoms with Crippen LogP contribution in [0.15, 0.2) is 33.3 Å². The Bertz CT molecular complexity index is 578. The van der Waals surface area contributed by atoms with Crippen molar-refractivity contribution in [3.05, 3.63) is 46.0 Å². The first-order valence-electron chi connectivity index (χ1n) is 7.57. The molecule has 1 aliphatic heterocycles. The maximum absolute atomic E-state index is 5.38. The van der Waals surface area contributed by atoms with E-state index in [0.29, 0.717) is 6.42 Å². The van der Waals surface area contributed by atoms with Crippen LogP contribution in [0.4, 0.5) is 0 Å². The SMILES string of the molecule is Brc1ccccc1Cc1noc(CCC2CCNCC2)n1. The van der Waals surface area contributed by atoms with E-state index < -0.39 is 0 Å². The van der Waals surface area contributed by atoms with Gasteiger partial charge < -0.3 is 9.84 Å². The Morgan fingerprint density at radius 2 is 2.05 bits per heavy atom. The van der Waals surface area contributed by atoms with E-state index in [1.165, 1.54) is 18.4 Å².